The summed E-state index contributed by atoms with van der Waals surface area (Å²) in [5, 5.41) is 0.848. The average Bonchev–Trinajstić information content (AvgIpc) is 3.00. The van der Waals surface area contributed by atoms with E-state index in [0.717, 1.165) is 27.2 Å². The molecule has 5 heteroatoms. The fourth-order valence-electron chi connectivity index (χ4n) is 2.87. The van der Waals surface area contributed by atoms with Gasteiger partial charge in [-0.2, -0.15) is 0 Å². The zero-order chi connectivity index (χ0) is 18.1. The zero-order valence-electron chi connectivity index (χ0n) is 13.5. The van der Waals surface area contributed by atoms with Crippen molar-refractivity contribution in [3.8, 4) is 11.3 Å². The number of alkyl halides is 3. The predicted molar refractivity (Wildman–Crippen MR) is 100 cm³/mol. The molecule has 0 aliphatic heterocycles. The van der Waals surface area contributed by atoms with Gasteiger partial charge >= 0.3 is 155 Å². The van der Waals surface area contributed by atoms with E-state index in [2.05, 4.69) is 17.1 Å². The standard InChI is InChI=1S/C21H14F3NSe/c22-21(23,24)15-11-12-17-18(13-15)25-19(14-7-3-1-4-8-14)20(17)26-16-9-5-2-6-10-16/h1-13,25H. The molecule has 0 saturated heterocycles. The van der Waals surface area contributed by atoms with Gasteiger partial charge in [0, 0.05) is 0 Å². The molecule has 0 aliphatic rings. The van der Waals surface area contributed by atoms with E-state index in [1.165, 1.54) is 10.5 Å². The Morgan fingerprint density at radius 2 is 1.42 bits per heavy atom. The minimum absolute atomic E-state index is 0.0234. The Morgan fingerprint density at radius 3 is 2.08 bits per heavy atom. The average molecular weight is 416 g/mol. The molecule has 1 heterocycles. The Morgan fingerprint density at radius 1 is 0.769 bits per heavy atom. The summed E-state index contributed by atoms with van der Waals surface area (Å²) in [7, 11) is 0. The van der Waals surface area contributed by atoms with E-state index in [-0.39, 0.29) is 15.0 Å². The van der Waals surface area contributed by atoms with E-state index >= 15 is 0 Å². The van der Waals surface area contributed by atoms with Gasteiger partial charge in [0.05, 0.1) is 0 Å². The monoisotopic (exact) mass is 417 g/mol. The molecule has 4 aromatic rings. The molecule has 1 aromatic heterocycles. The Kier molecular flexibility index (Phi) is 4.35. The molecule has 0 unspecified atom stereocenters. The number of aromatic nitrogens is 1. The number of hydrogen-bond donors (Lipinski definition) is 1. The van der Waals surface area contributed by atoms with E-state index in [4.69, 9.17) is 0 Å². The van der Waals surface area contributed by atoms with Crippen molar-refractivity contribution >= 4 is 34.8 Å². The number of halogens is 3. The third kappa shape index (κ3) is 3.28. The van der Waals surface area contributed by atoms with Crippen molar-refractivity contribution in [2.24, 2.45) is 0 Å². The fraction of sp³-hybridized carbons (Fsp3) is 0.0476. The molecule has 1 N–H and O–H groups in total. The summed E-state index contributed by atoms with van der Waals surface area (Å²) in [5.41, 5.74) is 1.75. The van der Waals surface area contributed by atoms with Gasteiger partial charge in [-0.1, -0.05) is 0 Å². The van der Waals surface area contributed by atoms with E-state index in [1.54, 1.807) is 6.07 Å². The van der Waals surface area contributed by atoms with Crippen molar-refractivity contribution in [2.75, 3.05) is 0 Å². The third-order valence-corrected chi connectivity index (χ3v) is 6.49. The van der Waals surface area contributed by atoms with Gasteiger partial charge in [0.15, 0.2) is 0 Å². The van der Waals surface area contributed by atoms with Crippen LogP contribution in [0.25, 0.3) is 22.2 Å². The Bertz CT molecular complexity index is 1040. The topological polar surface area (TPSA) is 15.8 Å². The van der Waals surface area contributed by atoms with E-state index in [0.29, 0.717) is 5.52 Å². The van der Waals surface area contributed by atoms with Gasteiger partial charge in [0.1, 0.15) is 0 Å². The quantitative estimate of drug-likeness (QED) is 0.473. The minimum atomic E-state index is -4.35. The van der Waals surface area contributed by atoms with Crippen LogP contribution in [0.1, 0.15) is 5.56 Å². The van der Waals surface area contributed by atoms with Crippen LogP contribution in [0, 0.1) is 0 Å². The van der Waals surface area contributed by atoms with Crippen LogP contribution in [0.15, 0.2) is 78.9 Å². The van der Waals surface area contributed by atoms with Gasteiger partial charge in [-0.15, -0.1) is 0 Å². The molecule has 0 amide bonds. The molecule has 4 rings (SSSR count). The summed E-state index contributed by atoms with van der Waals surface area (Å²) >= 11 is -0.0234. The van der Waals surface area contributed by atoms with Crippen LogP contribution in [0.2, 0.25) is 0 Å². The van der Waals surface area contributed by atoms with E-state index in [1.807, 2.05) is 48.5 Å². The van der Waals surface area contributed by atoms with Crippen molar-refractivity contribution in [2.45, 2.75) is 6.18 Å². The summed E-state index contributed by atoms with van der Waals surface area (Å²) in [4.78, 5) is 3.23. The molecular formula is C21H14F3NSe. The van der Waals surface area contributed by atoms with Crippen LogP contribution >= 0.6 is 0 Å². The summed E-state index contributed by atoms with van der Waals surface area (Å²) in [6, 6.07) is 23.7. The molecule has 0 fully saturated rings. The second kappa shape index (κ2) is 6.67. The molecular weight excluding hydrogens is 402 g/mol. The first-order valence-electron chi connectivity index (χ1n) is 8.03. The SMILES string of the molecule is FC(F)(F)c1ccc2c([Se]c3ccccc3)c(-c3ccccc3)[nH]c2c1. The first-order chi connectivity index (χ1) is 12.5. The zero-order valence-corrected chi connectivity index (χ0v) is 15.3. The molecule has 0 atom stereocenters. The maximum absolute atomic E-state index is 13.1. The number of hydrogen-bond acceptors (Lipinski definition) is 0. The van der Waals surface area contributed by atoms with Crippen molar-refractivity contribution in [1.29, 1.82) is 0 Å². The molecule has 0 radical (unpaired) electrons. The van der Waals surface area contributed by atoms with Gasteiger partial charge in [-0.05, 0) is 0 Å². The second-order valence-electron chi connectivity index (χ2n) is 5.87. The summed E-state index contributed by atoms with van der Waals surface area (Å²) in [6.07, 6.45) is -4.35. The molecule has 0 saturated carbocycles. The Labute approximate surface area is 155 Å². The first kappa shape index (κ1) is 17.0. The van der Waals surface area contributed by atoms with Crippen LogP contribution < -0.4 is 8.92 Å². The molecule has 26 heavy (non-hydrogen) atoms. The molecule has 130 valence electrons. The number of nitrogens with one attached hydrogen (secondary N) is 1. The van der Waals surface area contributed by atoms with Gasteiger partial charge in [0.2, 0.25) is 0 Å². The number of rotatable bonds is 3. The Balaban J connectivity index is 1.91. The molecule has 0 aliphatic carbocycles. The van der Waals surface area contributed by atoms with Crippen LogP contribution in [-0.2, 0) is 6.18 Å². The van der Waals surface area contributed by atoms with E-state index < -0.39 is 11.7 Å². The molecule has 3 aromatic carbocycles. The molecule has 0 spiro atoms. The van der Waals surface area contributed by atoms with Crippen LogP contribution in [-0.4, -0.2) is 19.9 Å². The van der Waals surface area contributed by atoms with E-state index in [9.17, 15) is 13.2 Å². The van der Waals surface area contributed by atoms with Gasteiger partial charge in [-0.3, -0.25) is 0 Å². The van der Waals surface area contributed by atoms with Gasteiger partial charge in [0.25, 0.3) is 0 Å². The van der Waals surface area contributed by atoms with Crippen molar-refractivity contribution < 1.29 is 13.2 Å². The number of H-pyrrole nitrogens is 1. The third-order valence-electron chi connectivity index (χ3n) is 4.10. The van der Waals surface area contributed by atoms with Crippen LogP contribution in [0.3, 0.4) is 0 Å². The molecule has 1 nitrogen and oxygen atoms in total. The van der Waals surface area contributed by atoms with Gasteiger partial charge in [-0.25, -0.2) is 0 Å². The van der Waals surface area contributed by atoms with Gasteiger partial charge < -0.3 is 0 Å². The maximum atomic E-state index is 13.1. The summed E-state index contributed by atoms with van der Waals surface area (Å²) in [5.74, 6) is 0. The number of fused-ring (bicyclic) bond motifs is 1. The summed E-state index contributed by atoms with van der Waals surface area (Å²) in [6.45, 7) is 0. The van der Waals surface area contributed by atoms with Crippen LogP contribution in [0.5, 0.6) is 0 Å². The summed E-state index contributed by atoms with van der Waals surface area (Å²) < 4.78 is 41.5. The molecule has 0 bridgehead atoms. The number of benzene rings is 3. The second-order valence-corrected chi connectivity index (χ2v) is 8.14. The van der Waals surface area contributed by atoms with Crippen LogP contribution in [0.4, 0.5) is 13.2 Å². The fourth-order valence-corrected chi connectivity index (χ4v) is 5.15. The van der Waals surface area contributed by atoms with Crippen molar-refractivity contribution in [3.05, 3.63) is 84.4 Å². The van der Waals surface area contributed by atoms with Crippen molar-refractivity contribution in [1.82, 2.24) is 4.98 Å². The van der Waals surface area contributed by atoms with Crippen molar-refractivity contribution in [3.63, 3.8) is 0 Å². The number of aromatic amines is 1. The Hall–Kier alpha value is -2.49. The normalized spacial score (nSPS) is 11.8. The predicted octanol–water partition coefficient (Wildman–Crippen LogP) is 4.51. The first-order valence-corrected chi connectivity index (χ1v) is 9.75.